The molecule has 1 aromatic carbocycles. The first-order valence-corrected chi connectivity index (χ1v) is 5.37. The number of nitrogens with two attached hydrogens (primary N) is 1. The SMILES string of the molecule is [CH2-][NH2+]c1ccc(N2CCCCC2)cc1. The molecule has 1 saturated heterocycles. The van der Waals surface area contributed by atoms with Crippen LogP contribution in [0.15, 0.2) is 24.3 Å². The maximum absolute atomic E-state index is 3.76. The summed E-state index contributed by atoms with van der Waals surface area (Å²) in [7, 11) is 3.76. The van der Waals surface area contributed by atoms with Crippen LogP contribution in [0.1, 0.15) is 19.3 Å². The Balaban J connectivity index is 2.07. The second kappa shape index (κ2) is 4.47. The molecule has 2 N–H and O–H groups in total. The van der Waals surface area contributed by atoms with E-state index in [9.17, 15) is 0 Å². The highest BCUT2D eigenvalue weighted by Gasteiger charge is 2.10. The number of rotatable bonds is 2. The maximum atomic E-state index is 3.76. The summed E-state index contributed by atoms with van der Waals surface area (Å²) in [6, 6.07) is 8.67. The molecule has 1 aromatic rings. The fourth-order valence-corrected chi connectivity index (χ4v) is 1.97. The van der Waals surface area contributed by atoms with Crippen LogP contribution in [0.2, 0.25) is 0 Å². The molecule has 2 nitrogen and oxygen atoms in total. The van der Waals surface area contributed by atoms with Crippen LogP contribution in [-0.2, 0) is 0 Å². The Morgan fingerprint density at radius 3 is 2.21 bits per heavy atom. The number of hydrogen-bond acceptors (Lipinski definition) is 1. The van der Waals surface area contributed by atoms with Crippen molar-refractivity contribution in [1.82, 2.24) is 0 Å². The van der Waals surface area contributed by atoms with Crippen molar-refractivity contribution in [3.63, 3.8) is 0 Å². The van der Waals surface area contributed by atoms with Gasteiger partial charge >= 0.3 is 0 Å². The van der Waals surface area contributed by atoms with E-state index < -0.39 is 0 Å². The van der Waals surface area contributed by atoms with Crippen LogP contribution < -0.4 is 10.2 Å². The quantitative estimate of drug-likeness (QED) is 0.555. The molecule has 2 rings (SSSR count). The Bertz CT molecular complexity index is 273. The van der Waals surface area contributed by atoms with Crippen molar-refractivity contribution in [2.75, 3.05) is 18.0 Å². The first-order chi connectivity index (χ1) is 6.90. The molecule has 0 atom stereocenters. The molecule has 0 unspecified atom stereocenters. The van der Waals surface area contributed by atoms with E-state index in [4.69, 9.17) is 0 Å². The van der Waals surface area contributed by atoms with Crippen molar-refractivity contribution in [1.29, 1.82) is 0 Å². The van der Waals surface area contributed by atoms with E-state index in [1.807, 2.05) is 5.32 Å². The molecule has 0 aromatic heterocycles. The normalized spacial score (nSPS) is 17.1. The Kier molecular flexibility index (Phi) is 3.04. The van der Waals surface area contributed by atoms with Gasteiger partial charge in [-0.1, -0.05) is 0 Å². The largest absolute Gasteiger partial charge is 0.446 e. The second-order valence-electron chi connectivity index (χ2n) is 3.84. The van der Waals surface area contributed by atoms with Crippen molar-refractivity contribution in [2.45, 2.75) is 19.3 Å². The summed E-state index contributed by atoms with van der Waals surface area (Å²) in [5.74, 6) is 0. The fraction of sp³-hybridized carbons (Fsp3) is 0.417. The minimum atomic E-state index is 1.20. The van der Waals surface area contributed by atoms with Crippen LogP contribution in [0, 0.1) is 7.05 Å². The molecule has 76 valence electrons. The zero-order chi connectivity index (χ0) is 9.80. The van der Waals surface area contributed by atoms with Gasteiger partial charge in [-0.3, -0.25) is 0 Å². The molecule has 1 heterocycles. The van der Waals surface area contributed by atoms with Crippen LogP contribution >= 0.6 is 0 Å². The first kappa shape index (κ1) is 9.53. The zero-order valence-corrected chi connectivity index (χ0v) is 8.58. The fourth-order valence-electron chi connectivity index (χ4n) is 1.97. The highest BCUT2D eigenvalue weighted by molar-refractivity contribution is 5.50. The lowest BCUT2D eigenvalue weighted by Gasteiger charge is -2.28. The van der Waals surface area contributed by atoms with E-state index in [1.165, 1.54) is 43.7 Å². The predicted molar refractivity (Wildman–Crippen MR) is 59.4 cm³/mol. The van der Waals surface area contributed by atoms with E-state index in [0.29, 0.717) is 0 Å². The summed E-state index contributed by atoms with van der Waals surface area (Å²) in [4.78, 5) is 2.47. The van der Waals surface area contributed by atoms with E-state index in [2.05, 4.69) is 36.2 Å². The Labute approximate surface area is 85.9 Å². The van der Waals surface area contributed by atoms with Crippen molar-refractivity contribution < 1.29 is 5.32 Å². The van der Waals surface area contributed by atoms with Crippen LogP contribution in [-0.4, -0.2) is 13.1 Å². The van der Waals surface area contributed by atoms with Crippen LogP contribution in [0.25, 0.3) is 0 Å². The molecule has 2 heteroatoms. The summed E-state index contributed by atoms with van der Waals surface area (Å²) in [5, 5.41) is 1.89. The first-order valence-electron chi connectivity index (χ1n) is 5.37. The zero-order valence-electron chi connectivity index (χ0n) is 8.58. The number of benzene rings is 1. The van der Waals surface area contributed by atoms with Crippen molar-refractivity contribution in [3.8, 4) is 0 Å². The average molecular weight is 190 g/mol. The lowest BCUT2D eigenvalue weighted by Crippen LogP contribution is -2.69. The average Bonchev–Trinajstić information content (AvgIpc) is 2.30. The molecule has 14 heavy (non-hydrogen) atoms. The third-order valence-corrected chi connectivity index (χ3v) is 2.85. The molecular formula is C12H18N2. The Hall–Kier alpha value is -1.02. The molecular weight excluding hydrogens is 172 g/mol. The summed E-state index contributed by atoms with van der Waals surface area (Å²) in [5.41, 5.74) is 2.56. The van der Waals surface area contributed by atoms with Crippen LogP contribution in [0.5, 0.6) is 0 Å². The van der Waals surface area contributed by atoms with Gasteiger partial charge in [-0.2, -0.15) is 0 Å². The van der Waals surface area contributed by atoms with Gasteiger partial charge in [-0.05, 0) is 43.5 Å². The Morgan fingerprint density at radius 1 is 1.00 bits per heavy atom. The monoisotopic (exact) mass is 190 g/mol. The highest BCUT2D eigenvalue weighted by atomic mass is 15.1. The summed E-state index contributed by atoms with van der Waals surface area (Å²) in [6.07, 6.45) is 4.06. The van der Waals surface area contributed by atoms with Crippen molar-refractivity contribution >= 4 is 11.4 Å². The van der Waals surface area contributed by atoms with Gasteiger partial charge in [0.15, 0.2) is 0 Å². The molecule has 0 bridgehead atoms. The van der Waals surface area contributed by atoms with Gasteiger partial charge in [0.25, 0.3) is 0 Å². The molecule has 0 amide bonds. The van der Waals surface area contributed by atoms with Gasteiger partial charge in [0.2, 0.25) is 0 Å². The van der Waals surface area contributed by atoms with Crippen molar-refractivity contribution in [3.05, 3.63) is 31.3 Å². The minimum Gasteiger partial charge on any atom is -0.446 e. The van der Waals surface area contributed by atoms with E-state index in [-0.39, 0.29) is 0 Å². The second-order valence-corrected chi connectivity index (χ2v) is 3.84. The topological polar surface area (TPSA) is 19.9 Å². The van der Waals surface area contributed by atoms with Crippen molar-refractivity contribution in [2.24, 2.45) is 0 Å². The molecule has 0 aliphatic carbocycles. The van der Waals surface area contributed by atoms with E-state index in [1.54, 1.807) is 0 Å². The van der Waals surface area contributed by atoms with E-state index >= 15 is 0 Å². The summed E-state index contributed by atoms with van der Waals surface area (Å²) >= 11 is 0. The van der Waals surface area contributed by atoms with Crippen LogP contribution in [0.3, 0.4) is 0 Å². The van der Waals surface area contributed by atoms with Gasteiger partial charge in [-0.15, -0.1) is 7.05 Å². The van der Waals surface area contributed by atoms with Gasteiger partial charge in [0.1, 0.15) is 5.69 Å². The number of hydrogen-bond donors (Lipinski definition) is 1. The molecule has 0 saturated carbocycles. The standard InChI is InChI=1S/C12H18N2/c1-13-11-5-7-12(8-6-11)14-9-3-2-4-10-14/h5-8H,1-4,9-10,13H2. The maximum Gasteiger partial charge on any atom is 0.103 e. The highest BCUT2D eigenvalue weighted by Crippen LogP contribution is 2.20. The van der Waals surface area contributed by atoms with Gasteiger partial charge in [0, 0.05) is 18.8 Å². The third kappa shape index (κ3) is 2.07. The number of nitrogens with zero attached hydrogens (tertiary/aromatic N) is 1. The smallest absolute Gasteiger partial charge is 0.103 e. The van der Waals surface area contributed by atoms with Crippen LogP contribution in [0.4, 0.5) is 11.4 Å². The molecule has 1 aliphatic rings. The molecule has 0 spiro atoms. The molecule has 1 aliphatic heterocycles. The van der Waals surface area contributed by atoms with Gasteiger partial charge < -0.3 is 10.2 Å². The van der Waals surface area contributed by atoms with Gasteiger partial charge in [-0.25, -0.2) is 0 Å². The lowest BCUT2D eigenvalue weighted by molar-refractivity contribution is -0.504. The third-order valence-electron chi connectivity index (χ3n) is 2.85. The van der Waals surface area contributed by atoms with Gasteiger partial charge in [0.05, 0.1) is 0 Å². The van der Waals surface area contributed by atoms with E-state index in [0.717, 1.165) is 0 Å². The molecule has 0 radical (unpaired) electrons. The summed E-state index contributed by atoms with van der Waals surface area (Å²) < 4.78 is 0. The number of quaternary nitrogens is 1. The number of anilines is 1. The predicted octanol–water partition coefficient (Wildman–Crippen LogP) is 1.66. The Morgan fingerprint density at radius 2 is 1.64 bits per heavy atom. The minimum absolute atomic E-state index is 1.20. The molecule has 1 fully saturated rings. The summed E-state index contributed by atoms with van der Waals surface area (Å²) in [6.45, 7) is 2.43. The lowest BCUT2D eigenvalue weighted by atomic mass is 10.1. The number of piperidine rings is 1.